The van der Waals surface area contributed by atoms with E-state index in [1.54, 1.807) is 18.2 Å². The Morgan fingerprint density at radius 1 is 1.55 bits per heavy atom. The summed E-state index contributed by atoms with van der Waals surface area (Å²) in [5.74, 6) is -0.601. The van der Waals surface area contributed by atoms with Crippen molar-refractivity contribution in [2.45, 2.75) is 18.3 Å². The Kier molecular flexibility index (Phi) is 4.82. The van der Waals surface area contributed by atoms with E-state index in [0.29, 0.717) is 16.5 Å². The third kappa shape index (κ3) is 3.21. The minimum atomic E-state index is -0.995. The Morgan fingerprint density at radius 2 is 2.25 bits per heavy atom. The lowest BCUT2D eigenvalue weighted by molar-refractivity contribution is -0.141. The molecule has 0 saturated carbocycles. The highest BCUT2D eigenvalue weighted by molar-refractivity contribution is 9.10. The third-order valence-corrected chi connectivity index (χ3v) is 5.36. The number of carbonyl (C=O) groups is 2. The predicted octanol–water partition coefficient (Wildman–Crippen LogP) is 3.48. The van der Waals surface area contributed by atoms with Crippen LogP contribution in [0.2, 0.25) is 5.02 Å². The Balaban J connectivity index is 2.14. The lowest BCUT2D eigenvalue weighted by Crippen LogP contribution is -2.46. The monoisotopic (exact) mass is 378 g/mol. The molecule has 0 aliphatic carbocycles. The molecule has 0 bridgehead atoms. The lowest BCUT2D eigenvalue weighted by atomic mass is 10.3. The zero-order valence-electron chi connectivity index (χ0n) is 10.5. The lowest BCUT2D eigenvalue weighted by Gasteiger charge is -2.25. The van der Waals surface area contributed by atoms with E-state index in [1.807, 2.05) is 6.92 Å². The first-order valence-electron chi connectivity index (χ1n) is 5.79. The van der Waals surface area contributed by atoms with E-state index in [2.05, 4.69) is 21.2 Å². The molecule has 0 spiro atoms. The van der Waals surface area contributed by atoms with Gasteiger partial charge in [-0.1, -0.05) is 11.6 Å². The third-order valence-electron chi connectivity index (χ3n) is 2.91. The molecule has 5 nitrogen and oxygen atoms in total. The van der Waals surface area contributed by atoms with E-state index in [9.17, 15) is 9.59 Å². The average Bonchev–Trinajstić information content (AvgIpc) is 2.76. The Morgan fingerprint density at radius 3 is 2.85 bits per heavy atom. The summed E-state index contributed by atoms with van der Waals surface area (Å²) in [6.45, 7) is 1.81. The molecule has 0 aromatic heterocycles. The second kappa shape index (κ2) is 6.24. The highest BCUT2D eigenvalue weighted by Gasteiger charge is 2.39. The van der Waals surface area contributed by atoms with Crippen molar-refractivity contribution in [1.82, 2.24) is 4.90 Å². The molecule has 1 aliphatic heterocycles. The van der Waals surface area contributed by atoms with Crippen LogP contribution in [0.1, 0.15) is 6.92 Å². The zero-order chi connectivity index (χ0) is 14.9. The minimum absolute atomic E-state index is 0.179. The van der Waals surface area contributed by atoms with Gasteiger partial charge in [0.15, 0.2) is 0 Å². The topological polar surface area (TPSA) is 69.6 Å². The molecule has 20 heavy (non-hydrogen) atoms. The number of amides is 2. The number of benzene rings is 1. The zero-order valence-corrected chi connectivity index (χ0v) is 13.6. The number of thioether (sulfide) groups is 1. The first-order valence-corrected chi connectivity index (χ1v) is 8.01. The van der Waals surface area contributed by atoms with Crippen molar-refractivity contribution in [3.63, 3.8) is 0 Å². The maximum absolute atomic E-state index is 12.2. The molecule has 8 heteroatoms. The quantitative estimate of drug-likeness (QED) is 0.825. The Hall–Kier alpha value is -0.920. The Bertz CT molecular complexity index is 558. The molecule has 1 aromatic rings. The number of carbonyl (C=O) groups excluding carboxylic acids is 1. The molecule has 1 aromatic carbocycles. The van der Waals surface area contributed by atoms with Crippen molar-refractivity contribution in [3.8, 4) is 0 Å². The number of carboxylic acids is 1. The van der Waals surface area contributed by atoms with Gasteiger partial charge in [0.25, 0.3) is 0 Å². The van der Waals surface area contributed by atoms with Crippen molar-refractivity contribution in [2.75, 3.05) is 11.1 Å². The van der Waals surface area contributed by atoms with Crippen LogP contribution in [0.4, 0.5) is 10.5 Å². The summed E-state index contributed by atoms with van der Waals surface area (Å²) in [5.41, 5.74) is 0.524. The van der Waals surface area contributed by atoms with Crippen molar-refractivity contribution < 1.29 is 14.7 Å². The number of nitrogens with one attached hydrogen (secondary N) is 1. The summed E-state index contributed by atoms with van der Waals surface area (Å²) >= 11 is 10.7. The number of hydrogen-bond acceptors (Lipinski definition) is 3. The highest BCUT2D eigenvalue weighted by atomic mass is 79.9. The van der Waals surface area contributed by atoms with Crippen LogP contribution in [0.5, 0.6) is 0 Å². The van der Waals surface area contributed by atoms with E-state index < -0.39 is 18.0 Å². The van der Waals surface area contributed by atoms with Crippen molar-refractivity contribution in [1.29, 1.82) is 0 Å². The smallest absolute Gasteiger partial charge is 0.327 e. The number of nitrogens with zero attached hydrogens (tertiary/aromatic N) is 1. The van der Waals surface area contributed by atoms with Gasteiger partial charge in [0.1, 0.15) is 6.04 Å². The number of urea groups is 1. The van der Waals surface area contributed by atoms with Gasteiger partial charge in [0.2, 0.25) is 0 Å². The van der Waals surface area contributed by atoms with Gasteiger partial charge in [0, 0.05) is 15.9 Å². The maximum atomic E-state index is 12.2. The van der Waals surface area contributed by atoms with Gasteiger partial charge in [-0.3, -0.25) is 4.90 Å². The van der Waals surface area contributed by atoms with Crippen LogP contribution in [-0.2, 0) is 4.79 Å². The number of aliphatic carboxylic acids is 1. The van der Waals surface area contributed by atoms with Crippen LogP contribution in [0.3, 0.4) is 0 Å². The largest absolute Gasteiger partial charge is 0.480 e. The first kappa shape index (κ1) is 15.5. The molecule has 2 rings (SSSR count). The second-order valence-corrected chi connectivity index (χ2v) is 6.86. The van der Waals surface area contributed by atoms with Gasteiger partial charge in [-0.2, -0.15) is 0 Å². The second-order valence-electron chi connectivity index (χ2n) is 4.25. The van der Waals surface area contributed by atoms with E-state index in [-0.39, 0.29) is 5.37 Å². The predicted molar refractivity (Wildman–Crippen MR) is 83.4 cm³/mol. The number of halogens is 2. The van der Waals surface area contributed by atoms with Crippen LogP contribution in [0.25, 0.3) is 0 Å². The summed E-state index contributed by atoms with van der Waals surface area (Å²) < 4.78 is 0.727. The van der Waals surface area contributed by atoms with Gasteiger partial charge in [-0.25, -0.2) is 9.59 Å². The molecule has 1 saturated heterocycles. The van der Waals surface area contributed by atoms with Crippen molar-refractivity contribution in [2.24, 2.45) is 0 Å². The fraction of sp³-hybridized carbons (Fsp3) is 0.333. The summed E-state index contributed by atoms with van der Waals surface area (Å²) in [5, 5.41) is 12.1. The van der Waals surface area contributed by atoms with E-state index in [1.165, 1.54) is 16.7 Å². The summed E-state index contributed by atoms with van der Waals surface area (Å²) in [4.78, 5) is 24.7. The summed E-state index contributed by atoms with van der Waals surface area (Å²) in [7, 11) is 0. The molecule has 2 unspecified atom stereocenters. The number of hydrogen-bond donors (Lipinski definition) is 2. The first-order chi connectivity index (χ1) is 9.40. The number of rotatable bonds is 2. The molecule has 0 radical (unpaired) electrons. The molecule has 2 N–H and O–H groups in total. The molecule has 1 fully saturated rings. The molecule has 1 heterocycles. The highest BCUT2D eigenvalue weighted by Crippen LogP contribution is 2.30. The van der Waals surface area contributed by atoms with Gasteiger partial charge in [-0.05, 0) is 41.1 Å². The molecular formula is C12H12BrClN2O3S. The number of carboxylic acid groups (broad SMARTS) is 1. The Labute approximate surface area is 133 Å². The summed E-state index contributed by atoms with van der Waals surface area (Å²) in [6.07, 6.45) is 0. The van der Waals surface area contributed by atoms with Crippen LogP contribution in [-0.4, -0.2) is 39.2 Å². The van der Waals surface area contributed by atoms with E-state index in [0.717, 1.165) is 4.47 Å². The molecule has 108 valence electrons. The van der Waals surface area contributed by atoms with Crippen molar-refractivity contribution >= 4 is 57.0 Å². The van der Waals surface area contributed by atoms with E-state index in [4.69, 9.17) is 16.7 Å². The van der Waals surface area contributed by atoms with Crippen molar-refractivity contribution in [3.05, 3.63) is 27.7 Å². The molecule has 1 aliphatic rings. The molecule has 2 atom stereocenters. The van der Waals surface area contributed by atoms with Gasteiger partial charge < -0.3 is 10.4 Å². The minimum Gasteiger partial charge on any atom is -0.480 e. The molecular weight excluding hydrogens is 368 g/mol. The fourth-order valence-electron chi connectivity index (χ4n) is 1.90. The number of anilines is 1. The van der Waals surface area contributed by atoms with E-state index >= 15 is 0 Å². The standard InChI is InChI=1S/C12H12BrClN2O3S/c1-6-16(10(5-20-6)11(17)18)12(19)15-7-2-3-8(13)9(14)4-7/h2-4,6,10H,5H2,1H3,(H,15,19)(H,17,18). The van der Waals surface area contributed by atoms with Gasteiger partial charge in [-0.15, -0.1) is 11.8 Å². The van der Waals surface area contributed by atoms with Crippen LogP contribution in [0, 0.1) is 0 Å². The molecule has 2 amide bonds. The SMILES string of the molecule is CC1SCC(C(=O)O)N1C(=O)Nc1ccc(Br)c(Cl)c1. The van der Waals surface area contributed by atoms with Gasteiger partial charge >= 0.3 is 12.0 Å². The maximum Gasteiger partial charge on any atom is 0.327 e. The normalized spacial score (nSPS) is 21.9. The van der Waals surface area contributed by atoms with Crippen LogP contribution in [0.15, 0.2) is 22.7 Å². The van der Waals surface area contributed by atoms with Crippen LogP contribution >= 0.6 is 39.3 Å². The summed E-state index contributed by atoms with van der Waals surface area (Å²) in [6, 6.07) is 3.77. The average molecular weight is 380 g/mol. The van der Waals surface area contributed by atoms with Crippen LogP contribution < -0.4 is 5.32 Å². The van der Waals surface area contributed by atoms with Gasteiger partial charge in [0.05, 0.1) is 10.4 Å². The fourth-order valence-corrected chi connectivity index (χ4v) is 3.50.